The molecule has 2 aromatic carbocycles. The van der Waals surface area contributed by atoms with Crippen LogP contribution in [0.2, 0.25) is 0 Å². The minimum absolute atomic E-state index is 0.217. The van der Waals surface area contributed by atoms with Gasteiger partial charge in [-0.3, -0.25) is 0 Å². The molecule has 0 spiro atoms. The molecular formula is C27H36. The summed E-state index contributed by atoms with van der Waals surface area (Å²) in [7, 11) is 0. The molecule has 0 aliphatic heterocycles. The van der Waals surface area contributed by atoms with Gasteiger partial charge in [-0.05, 0) is 64.2 Å². The van der Waals surface area contributed by atoms with Gasteiger partial charge in [-0.1, -0.05) is 96.5 Å². The molecule has 2 bridgehead atoms. The second-order valence-electron chi connectivity index (χ2n) is 11.2. The Kier molecular flexibility index (Phi) is 4.33. The lowest BCUT2D eigenvalue weighted by Gasteiger charge is -2.40. The summed E-state index contributed by atoms with van der Waals surface area (Å²) in [6, 6.07) is 19.3. The number of hydrogen-bond acceptors (Lipinski definition) is 0. The fourth-order valence-corrected chi connectivity index (χ4v) is 5.74. The quantitative estimate of drug-likeness (QED) is 0.524. The van der Waals surface area contributed by atoms with E-state index in [-0.39, 0.29) is 16.2 Å². The molecular weight excluding hydrogens is 324 g/mol. The molecule has 0 amide bonds. The van der Waals surface area contributed by atoms with E-state index in [1.165, 1.54) is 36.8 Å². The van der Waals surface area contributed by atoms with Gasteiger partial charge in [0.1, 0.15) is 0 Å². The summed E-state index contributed by atoms with van der Waals surface area (Å²) in [6.07, 6.45) is 5.59. The molecule has 0 heterocycles. The van der Waals surface area contributed by atoms with Gasteiger partial charge in [0, 0.05) is 5.41 Å². The summed E-state index contributed by atoms with van der Waals surface area (Å²) in [5.74, 6) is 1.73. The lowest BCUT2D eigenvalue weighted by Crippen LogP contribution is -2.34. The minimum Gasteiger partial charge on any atom is -0.0582 e. The van der Waals surface area contributed by atoms with E-state index in [1.54, 1.807) is 11.1 Å². The van der Waals surface area contributed by atoms with Crippen molar-refractivity contribution in [2.75, 3.05) is 0 Å². The van der Waals surface area contributed by atoms with Crippen molar-refractivity contribution in [1.29, 1.82) is 0 Å². The van der Waals surface area contributed by atoms with Crippen LogP contribution in [0, 0.1) is 11.8 Å². The molecule has 27 heavy (non-hydrogen) atoms. The van der Waals surface area contributed by atoms with Crippen LogP contribution in [0.25, 0.3) is 0 Å². The van der Waals surface area contributed by atoms with Crippen LogP contribution < -0.4 is 0 Å². The topological polar surface area (TPSA) is 0 Å². The van der Waals surface area contributed by atoms with Crippen LogP contribution in [0.15, 0.2) is 48.5 Å². The largest absolute Gasteiger partial charge is 0.0582 e. The molecule has 2 aliphatic rings. The van der Waals surface area contributed by atoms with Gasteiger partial charge in [-0.15, -0.1) is 0 Å². The van der Waals surface area contributed by atoms with Crippen LogP contribution >= 0.6 is 0 Å². The van der Waals surface area contributed by atoms with E-state index in [0.717, 1.165) is 11.8 Å². The van der Waals surface area contributed by atoms with Crippen molar-refractivity contribution in [1.82, 2.24) is 0 Å². The first-order chi connectivity index (χ1) is 12.6. The predicted molar refractivity (Wildman–Crippen MR) is 117 cm³/mol. The summed E-state index contributed by atoms with van der Waals surface area (Å²) in [6.45, 7) is 13.8. The first-order valence-corrected chi connectivity index (χ1v) is 10.8. The van der Waals surface area contributed by atoms with Crippen molar-refractivity contribution in [2.24, 2.45) is 11.8 Å². The van der Waals surface area contributed by atoms with Gasteiger partial charge in [0.15, 0.2) is 0 Å². The molecule has 2 aromatic rings. The lowest BCUT2D eigenvalue weighted by atomic mass is 9.64. The third kappa shape index (κ3) is 3.16. The lowest BCUT2D eigenvalue weighted by molar-refractivity contribution is 0.320. The number of fused-ring (bicyclic) bond motifs is 2. The third-order valence-electron chi connectivity index (χ3n) is 7.38. The predicted octanol–water partition coefficient (Wildman–Crippen LogP) is 7.39. The molecule has 0 N–H and O–H groups in total. The molecule has 0 aromatic heterocycles. The summed E-state index contributed by atoms with van der Waals surface area (Å²) in [4.78, 5) is 0. The summed E-state index contributed by atoms with van der Waals surface area (Å²) >= 11 is 0. The highest BCUT2D eigenvalue weighted by molar-refractivity contribution is 5.45. The van der Waals surface area contributed by atoms with Crippen LogP contribution in [0.1, 0.15) is 89.5 Å². The monoisotopic (exact) mass is 360 g/mol. The Morgan fingerprint density at radius 3 is 1.41 bits per heavy atom. The Bertz CT molecular complexity index is 736. The molecule has 2 unspecified atom stereocenters. The average Bonchev–Trinajstić information content (AvgIpc) is 3.22. The van der Waals surface area contributed by atoms with Gasteiger partial charge in [0.05, 0.1) is 0 Å². The van der Waals surface area contributed by atoms with Crippen LogP contribution in [0.5, 0.6) is 0 Å². The van der Waals surface area contributed by atoms with Crippen LogP contribution in [-0.2, 0) is 16.2 Å². The average molecular weight is 361 g/mol. The molecule has 4 rings (SSSR count). The van der Waals surface area contributed by atoms with Gasteiger partial charge in [-0.25, -0.2) is 0 Å². The van der Waals surface area contributed by atoms with E-state index in [2.05, 4.69) is 90.1 Å². The maximum Gasteiger partial charge on any atom is 0.0233 e. The van der Waals surface area contributed by atoms with E-state index >= 15 is 0 Å². The van der Waals surface area contributed by atoms with E-state index in [0.29, 0.717) is 0 Å². The Balaban J connectivity index is 1.78. The highest BCUT2D eigenvalue weighted by atomic mass is 14.6. The fourth-order valence-electron chi connectivity index (χ4n) is 5.74. The van der Waals surface area contributed by atoms with Crippen molar-refractivity contribution in [3.8, 4) is 0 Å². The number of hydrogen-bond donors (Lipinski definition) is 0. The Morgan fingerprint density at radius 2 is 1.11 bits per heavy atom. The van der Waals surface area contributed by atoms with Crippen LogP contribution in [0.4, 0.5) is 0 Å². The summed E-state index contributed by atoms with van der Waals surface area (Å²) in [5.41, 5.74) is 6.64. The molecule has 2 fully saturated rings. The Hall–Kier alpha value is -1.56. The van der Waals surface area contributed by atoms with Crippen molar-refractivity contribution in [3.05, 3.63) is 70.8 Å². The summed E-state index contributed by atoms with van der Waals surface area (Å²) in [5, 5.41) is 0. The van der Waals surface area contributed by atoms with Crippen molar-refractivity contribution in [3.63, 3.8) is 0 Å². The number of rotatable bonds is 2. The highest BCUT2D eigenvalue weighted by Gasteiger charge is 2.52. The second-order valence-corrected chi connectivity index (χ2v) is 11.2. The van der Waals surface area contributed by atoms with Crippen molar-refractivity contribution in [2.45, 2.75) is 83.5 Å². The molecule has 0 saturated heterocycles. The van der Waals surface area contributed by atoms with E-state index in [4.69, 9.17) is 0 Å². The highest BCUT2D eigenvalue weighted by Crippen LogP contribution is 2.60. The third-order valence-corrected chi connectivity index (χ3v) is 7.38. The van der Waals surface area contributed by atoms with Gasteiger partial charge < -0.3 is 0 Å². The fraction of sp³-hybridized carbons (Fsp3) is 0.556. The van der Waals surface area contributed by atoms with Gasteiger partial charge in [-0.2, -0.15) is 0 Å². The standard InChI is InChI=1S/C27H36/c1-25(2,3)20-9-13-22(14-10-20)27(18-19-7-8-24(27)17-19)23-15-11-21(12-16-23)26(4,5)6/h9-16,19,24H,7-8,17-18H2,1-6H3. The Labute approximate surface area is 166 Å². The summed E-state index contributed by atoms with van der Waals surface area (Å²) < 4.78 is 0. The zero-order valence-electron chi connectivity index (χ0n) is 18.1. The van der Waals surface area contributed by atoms with Crippen LogP contribution in [-0.4, -0.2) is 0 Å². The molecule has 0 nitrogen and oxygen atoms in total. The van der Waals surface area contributed by atoms with E-state index in [1.807, 2.05) is 0 Å². The molecule has 2 saturated carbocycles. The minimum atomic E-state index is 0.217. The van der Waals surface area contributed by atoms with E-state index in [9.17, 15) is 0 Å². The molecule has 0 heteroatoms. The SMILES string of the molecule is CC(C)(C)c1ccc(C2(c3ccc(C(C)(C)C)cc3)CC3CCC2C3)cc1. The zero-order valence-corrected chi connectivity index (χ0v) is 18.1. The van der Waals surface area contributed by atoms with Gasteiger partial charge in [0.2, 0.25) is 0 Å². The molecule has 2 atom stereocenters. The first-order valence-electron chi connectivity index (χ1n) is 10.8. The second kappa shape index (κ2) is 6.23. The van der Waals surface area contributed by atoms with Gasteiger partial charge >= 0.3 is 0 Å². The van der Waals surface area contributed by atoms with Crippen molar-refractivity contribution >= 4 is 0 Å². The maximum absolute atomic E-state index is 2.44. The smallest absolute Gasteiger partial charge is 0.0233 e. The zero-order chi connectivity index (χ0) is 19.4. The Morgan fingerprint density at radius 1 is 0.667 bits per heavy atom. The number of benzene rings is 2. The molecule has 144 valence electrons. The first kappa shape index (κ1) is 18.8. The molecule has 2 aliphatic carbocycles. The maximum atomic E-state index is 2.44. The normalized spacial score (nSPS) is 24.4. The van der Waals surface area contributed by atoms with Crippen LogP contribution in [0.3, 0.4) is 0 Å². The van der Waals surface area contributed by atoms with Crippen molar-refractivity contribution < 1.29 is 0 Å². The molecule has 0 radical (unpaired) electrons. The van der Waals surface area contributed by atoms with E-state index < -0.39 is 0 Å². The van der Waals surface area contributed by atoms with Gasteiger partial charge in [0.25, 0.3) is 0 Å².